The smallest absolute Gasteiger partial charge is 0.106 e. The number of allylic oxidation sites excluding steroid dienone is 6. The van der Waals surface area contributed by atoms with Crippen LogP contribution in [-0.2, 0) is 4.79 Å². The van der Waals surface area contributed by atoms with Crippen LogP contribution in [0.5, 0.6) is 0 Å². The van der Waals surface area contributed by atoms with Crippen LogP contribution in [0.3, 0.4) is 0 Å². The van der Waals surface area contributed by atoms with Gasteiger partial charge in [-0.1, -0.05) is 108 Å². The summed E-state index contributed by atoms with van der Waals surface area (Å²) >= 11 is 0. The Bertz CT molecular complexity index is 645. The van der Waals surface area contributed by atoms with Crippen LogP contribution in [0.4, 0.5) is 0 Å². The Kier molecular flexibility index (Phi) is 8.96. The van der Waals surface area contributed by atoms with Crippen molar-refractivity contribution in [1.82, 2.24) is 0 Å². The molecule has 1 saturated carbocycles. The first-order valence-electron chi connectivity index (χ1n) is 10.3. The van der Waals surface area contributed by atoms with Crippen LogP contribution in [0, 0.1) is 16.7 Å². The zero-order chi connectivity index (χ0) is 20.5. The van der Waals surface area contributed by atoms with Crippen molar-refractivity contribution in [2.75, 3.05) is 0 Å². The van der Waals surface area contributed by atoms with E-state index in [4.69, 9.17) is 4.79 Å². The maximum absolute atomic E-state index is 8.00. The van der Waals surface area contributed by atoms with Crippen molar-refractivity contribution in [3.05, 3.63) is 71.8 Å². The van der Waals surface area contributed by atoms with Crippen molar-refractivity contribution < 1.29 is 4.79 Å². The lowest BCUT2D eigenvalue weighted by molar-refractivity contribution is -0.0979. The SMILES string of the molecule is C=O.CC.CC(C)(C)C1=CCC(c2ccccc2)C1.CC12C=CC=CC1C2. The van der Waals surface area contributed by atoms with E-state index in [1.54, 1.807) is 5.57 Å². The van der Waals surface area contributed by atoms with E-state index in [-0.39, 0.29) is 0 Å². The van der Waals surface area contributed by atoms with Crippen LogP contribution in [0.1, 0.15) is 72.3 Å². The van der Waals surface area contributed by atoms with Crippen LogP contribution in [0.25, 0.3) is 0 Å². The first kappa shape index (κ1) is 23.1. The van der Waals surface area contributed by atoms with Crippen LogP contribution in [0.15, 0.2) is 66.3 Å². The van der Waals surface area contributed by atoms with E-state index < -0.39 is 0 Å². The maximum Gasteiger partial charge on any atom is 0.106 e. The zero-order valence-corrected chi connectivity index (χ0v) is 18.2. The second kappa shape index (κ2) is 10.4. The summed E-state index contributed by atoms with van der Waals surface area (Å²) in [6.45, 7) is 15.3. The largest absolute Gasteiger partial charge is 0.307 e. The predicted molar refractivity (Wildman–Crippen MR) is 119 cm³/mol. The molecule has 1 heteroatoms. The van der Waals surface area contributed by atoms with Crippen molar-refractivity contribution in [1.29, 1.82) is 0 Å². The predicted octanol–water partition coefficient (Wildman–Crippen LogP) is 7.52. The van der Waals surface area contributed by atoms with Crippen LogP contribution in [0.2, 0.25) is 0 Å². The summed E-state index contributed by atoms with van der Waals surface area (Å²) in [6.07, 6.45) is 15.2. The van der Waals surface area contributed by atoms with Gasteiger partial charge in [0.25, 0.3) is 0 Å². The highest BCUT2D eigenvalue weighted by atomic mass is 16.1. The van der Waals surface area contributed by atoms with Gasteiger partial charge >= 0.3 is 0 Å². The normalized spacial score (nSPS) is 26.8. The number of fused-ring (bicyclic) bond motifs is 1. The Morgan fingerprint density at radius 1 is 1.04 bits per heavy atom. The fourth-order valence-corrected chi connectivity index (χ4v) is 3.68. The molecular weight excluding hydrogens is 328 g/mol. The topological polar surface area (TPSA) is 17.1 Å². The molecule has 3 aliphatic rings. The lowest BCUT2D eigenvalue weighted by atomic mass is 9.84. The number of hydrogen-bond acceptors (Lipinski definition) is 1. The monoisotopic (exact) mass is 366 g/mol. The minimum absolute atomic E-state index is 0.351. The van der Waals surface area contributed by atoms with Gasteiger partial charge in [-0.2, -0.15) is 0 Å². The second-order valence-electron chi connectivity index (χ2n) is 8.59. The number of carbonyl (C=O) groups is 1. The third kappa shape index (κ3) is 6.65. The molecule has 4 rings (SSSR count). The van der Waals surface area contributed by atoms with Gasteiger partial charge in [0.15, 0.2) is 0 Å². The molecule has 1 aromatic carbocycles. The Labute approximate surface area is 167 Å². The molecule has 0 N–H and O–H groups in total. The standard InChI is InChI=1S/C15H20.C8H10.C2H6.CH2O/c1-15(2,3)14-10-9-13(11-14)12-7-5-4-6-8-12;1-8-5-3-2-4-7(8)6-8;2*1-2/h4-8,10,13H,9,11H2,1-3H3;2-5,7H,6H2,1H3;1-2H3;1H2. The molecule has 0 saturated heterocycles. The molecule has 0 amide bonds. The summed E-state index contributed by atoms with van der Waals surface area (Å²) in [7, 11) is 0. The molecule has 0 heterocycles. The van der Waals surface area contributed by atoms with Gasteiger partial charge in [0.1, 0.15) is 6.79 Å². The minimum atomic E-state index is 0.351. The van der Waals surface area contributed by atoms with Gasteiger partial charge in [-0.25, -0.2) is 0 Å². The fourth-order valence-electron chi connectivity index (χ4n) is 3.68. The van der Waals surface area contributed by atoms with E-state index in [2.05, 4.69) is 88.4 Å². The zero-order valence-electron chi connectivity index (χ0n) is 18.2. The molecule has 0 bridgehead atoms. The summed E-state index contributed by atoms with van der Waals surface area (Å²) in [5.74, 6) is 1.60. The van der Waals surface area contributed by atoms with Gasteiger partial charge in [0, 0.05) is 0 Å². The number of benzene rings is 1. The summed E-state index contributed by atoms with van der Waals surface area (Å²) in [5.41, 5.74) is 4.04. The highest BCUT2D eigenvalue weighted by Crippen LogP contribution is 2.55. The van der Waals surface area contributed by atoms with Crippen molar-refractivity contribution in [2.24, 2.45) is 16.7 Å². The van der Waals surface area contributed by atoms with E-state index in [0.717, 1.165) is 11.8 Å². The molecule has 148 valence electrons. The first-order valence-corrected chi connectivity index (χ1v) is 10.3. The molecule has 27 heavy (non-hydrogen) atoms. The third-order valence-corrected chi connectivity index (χ3v) is 5.63. The Morgan fingerprint density at radius 3 is 2.11 bits per heavy atom. The maximum atomic E-state index is 8.00. The quantitative estimate of drug-likeness (QED) is 0.470. The summed E-state index contributed by atoms with van der Waals surface area (Å²) in [4.78, 5) is 8.00. The van der Waals surface area contributed by atoms with Crippen LogP contribution < -0.4 is 0 Å². The molecule has 1 fully saturated rings. The Morgan fingerprint density at radius 2 is 1.67 bits per heavy atom. The fraction of sp³-hybridized carbons (Fsp3) is 0.500. The van der Waals surface area contributed by atoms with Crippen LogP contribution in [-0.4, -0.2) is 6.79 Å². The number of carbonyl (C=O) groups excluding carboxylic acids is 1. The minimum Gasteiger partial charge on any atom is -0.307 e. The molecular formula is C26H38O. The number of hydrogen-bond donors (Lipinski definition) is 0. The first-order chi connectivity index (χ1) is 12.9. The molecule has 0 spiro atoms. The van der Waals surface area contributed by atoms with Crippen LogP contribution >= 0.6 is 0 Å². The van der Waals surface area contributed by atoms with E-state index in [1.807, 2.05) is 20.6 Å². The average Bonchev–Trinajstić information content (AvgIpc) is 3.13. The molecule has 0 aliphatic heterocycles. The van der Waals surface area contributed by atoms with Gasteiger partial charge in [0.2, 0.25) is 0 Å². The van der Waals surface area contributed by atoms with E-state index in [9.17, 15) is 0 Å². The van der Waals surface area contributed by atoms with Crippen molar-refractivity contribution in [3.8, 4) is 0 Å². The average molecular weight is 367 g/mol. The number of rotatable bonds is 1. The summed E-state index contributed by atoms with van der Waals surface area (Å²) in [5, 5.41) is 0. The molecule has 3 unspecified atom stereocenters. The highest BCUT2D eigenvalue weighted by molar-refractivity contribution is 5.29. The van der Waals surface area contributed by atoms with Crippen molar-refractivity contribution >= 4 is 6.79 Å². The van der Waals surface area contributed by atoms with Gasteiger partial charge in [0.05, 0.1) is 0 Å². The van der Waals surface area contributed by atoms with E-state index >= 15 is 0 Å². The second-order valence-corrected chi connectivity index (χ2v) is 8.59. The molecule has 0 radical (unpaired) electrons. The molecule has 0 aromatic heterocycles. The van der Waals surface area contributed by atoms with Gasteiger partial charge in [-0.05, 0) is 47.5 Å². The molecule has 3 aliphatic carbocycles. The third-order valence-electron chi connectivity index (χ3n) is 5.63. The molecule has 3 atom stereocenters. The van der Waals surface area contributed by atoms with E-state index in [0.29, 0.717) is 10.8 Å². The lowest BCUT2D eigenvalue weighted by Gasteiger charge is -2.21. The molecule has 1 nitrogen and oxygen atoms in total. The van der Waals surface area contributed by atoms with Crippen molar-refractivity contribution in [3.63, 3.8) is 0 Å². The lowest BCUT2D eigenvalue weighted by Crippen LogP contribution is -2.08. The van der Waals surface area contributed by atoms with E-state index in [1.165, 1.54) is 24.8 Å². The van der Waals surface area contributed by atoms with Crippen molar-refractivity contribution in [2.45, 2.75) is 66.7 Å². The highest BCUT2D eigenvalue weighted by Gasteiger charge is 2.46. The summed E-state index contributed by atoms with van der Waals surface area (Å²) < 4.78 is 0. The molecule has 1 aromatic rings. The Balaban J connectivity index is 0.000000255. The Hall–Kier alpha value is -1.89. The van der Waals surface area contributed by atoms with Gasteiger partial charge < -0.3 is 4.79 Å². The van der Waals surface area contributed by atoms with Gasteiger partial charge in [-0.15, -0.1) is 0 Å². The summed E-state index contributed by atoms with van der Waals surface area (Å²) in [6, 6.07) is 10.9. The van der Waals surface area contributed by atoms with Gasteiger partial charge in [-0.3, -0.25) is 0 Å².